The van der Waals surface area contributed by atoms with Gasteiger partial charge < -0.3 is 10.1 Å². The van der Waals surface area contributed by atoms with Crippen molar-refractivity contribution in [1.29, 1.82) is 0 Å². The summed E-state index contributed by atoms with van der Waals surface area (Å²) in [5, 5.41) is 7.93. The van der Waals surface area contributed by atoms with Crippen molar-refractivity contribution in [2.45, 2.75) is 59.0 Å². The summed E-state index contributed by atoms with van der Waals surface area (Å²) in [5.41, 5.74) is 2.28. The molecule has 1 aromatic rings. The molecule has 0 saturated heterocycles. The van der Waals surface area contributed by atoms with Crippen LogP contribution in [0.4, 0.5) is 8.78 Å². The molecule has 6 heteroatoms. The molecule has 0 aromatic carbocycles. The maximum atomic E-state index is 12.0. The summed E-state index contributed by atoms with van der Waals surface area (Å²) < 4.78 is 31.1. The molecule has 0 saturated carbocycles. The van der Waals surface area contributed by atoms with Gasteiger partial charge in [-0.05, 0) is 32.4 Å². The highest BCUT2D eigenvalue weighted by Gasteiger charge is 2.13. The zero-order valence-electron chi connectivity index (χ0n) is 13.2. The Labute approximate surface area is 125 Å². The van der Waals surface area contributed by atoms with Crippen molar-refractivity contribution in [1.82, 2.24) is 15.1 Å². The Morgan fingerprint density at radius 1 is 1.33 bits per heavy atom. The molecule has 0 spiro atoms. The average molecular weight is 303 g/mol. The van der Waals surface area contributed by atoms with Gasteiger partial charge in [-0.25, -0.2) is 8.78 Å². The molecule has 0 aliphatic rings. The molecule has 0 aliphatic carbocycles. The number of halogens is 2. The zero-order valence-corrected chi connectivity index (χ0v) is 13.2. The van der Waals surface area contributed by atoms with E-state index in [2.05, 4.69) is 30.3 Å². The number of nitrogens with zero attached hydrogens (tertiary/aromatic N) is 2. The fraction of sp³-hybridized carbons (Fsp3) is 0.800. The molecule has 0 fully saturated rings. The summed E-state index contributed by atoms with van der Waals surface area (Å²) in [6, 6.07) is 2.35. The Morgan fingerprint density at radius 2 is 2.10 bits per heavy atom. The first-order chi connectivity index (χ1) is 10.1. The summed E-state index contributed by atoms with van der Waals surface area (Å²) >= 11 is 0. The number of aromatic nitrogens is 2. The smallest absolute Gasteiger partial charge is 0.261 e. The average Bonchev–Trinajstić information content (AvgIpc) is 2.85. The largest absolute Gasteiger partial charge is 0.375 e. The molecule has 122 valence electrons. The van der Waals surface area contributed by atoms with Gasteiger partial charge in [-0.1, -0.05) is 13.8 Å². The van der Waals surface area contributed by atoms with Crippen LogP contribution in [0.25, 0.3) is 0 Å². The Balaban J connectivity index is 2.54. The maximum Gasteiger partial charge on any atom is 0.261 e. The lowest BCUT2D eigenvalue weighted by molar-refractivity contribution is 0.0144. The first kappa shape index (κ1) is 18.0. The number of nitrogens with one attached hydrogen (secondary N) is 1. The summed E-state index contributed by atoms with van der Waals surface area (Å²) in [6.07, 6.45) is 0.0868. The summed E-state index contributed by atoms with van der Waals surface area (Å²) in [5.74, 6) is 0. The molecule has 1 unspecified atom stereocenters. The third-order valence-electron chi connectivity index (χ3n) is 3.38. The zero-order chi connectivity index (χ0) is 15.7. The fourth-order valence-electron chi connectivity index (χ4n) is 2.34. The number of rotatable bonds is 11. The third-order valence-corrected chi connectivity index (χ3v) is 3.38. The van der Waals surface area contributed by atoms with Crippen LogP contribution >= 0.6 is 0 Å². The van der Waals surface area contributed by atoms with Gasteiger partial charge in [-0.3, -0.25) is 4.68 Å². The molecule has 1 N–H and O–H groups in total. The van der Waals surface area contributed by atoms with Gasteiger partial charge in [-0.15, -0.1) is 0 Å². The van der Waals surface area contributed by atoms with Crippen molar-refractivity contribution in [3.63, 3.8) is 0 Å². The minimum Gasteiger partial charge on any atom is -0.375 e. The van der Waals surface area contributed by atoms with E-state index in [0.717, 1.165) is 38.0 Å². The molecule has 4 nitrogen and oxygen atoms in total. The van der Waals surface area contributed by atoms with Crippen molar-refractivity contribution in [3.05, 3.63) is 17.5 Å². The van der Waals surface area contributed by atoms with Gasteiger partial charge in [0.05, 0.1) is 5.69 Å². The highest BCUT2D eigenvalue weighted by molar-refractivity contribution is 5.12. The summed E-state index contributed by atoms with van der Waals surface area (Å²) in [7, 11) is 0. The van der Waals surface area contributed by atoms with Crippen LogP contribution in [0, 0.1) is 0 Å². The molecule has 1 heterocycles. The lowest BCUT2D eigenvalue weighted by Gasteiger charge is -2.18. The van der Waals surface area contributed by atoms with E-state index in [1.54, 1.807) is 0 Å². The lowest BCUT2D eigenvalue weighted by Crippen LogP contribution is -2.33. The minimum absolute atomic E-state index is 0.222. The Hall–Kier alpha value is -1.01. The molecular weight excluding hydrogens is 276 g/mol. The quantitative estimate of drug-likeness (QED) is 0.639. The number of alkyl halides is 2. The van der Waals surface area contributed by atoms with E-state index in [0.29, 0.717) is 6.61 Å². The summed E-state index contributed by atoms with van der Waals surface area (Å²) in [6.45, 7) is 7.77. The molecule has 21 heavy (non-hydrogen) atoms. The van der Waals surface area contributed by atoms with Crippen molar-refractivity contribution < 1.29 is 13.5 Å². The molecule has 1 rings (SSSR count). The maximum absolute atomic E-state index is 12.0. The van der Waals surface area contributed by atoms with Crippen LogP contribution in [0.2, 0.25) is 0 Å². The standard InChI is InChI=1S/C15H27F2N3O/c1-4-12-9-14(20(6-3)19-12)10-13(18-5-2)7-8-21-11-15(16)17/h9,13,15,18H,4-8,10-11H2,1-3H3. The van der Waals surface area contributed by atoms with Crippen molar-refractivity contribution in [3.8, 4) is 0 Å². The van der Waals surface area contributed by atoms with Crippen LogP contribution in [0.1, 0.15) is 38.6 Å². The topological polar surface area (TPSA) is 39.1 Å². The highest BCUT2D eigenvalue weighted by Crippen LogP contribution is 2.10. The van der Waals surface area contributed by atoms with Gasteiger partial charge in [0.15, 0.2) is 0 Å². The van der Waals surface area contributed by atoms with E-state index in [1.165, 1.54) is 5.69 Å². The monoisotopic (exact) mass is 303 g/mol. The number of aryl methyl sites for hydroxylation is 2. The second-order valence-electron chi connectivity index (χ2n) is 5.01. The molecule has 0 amide bonds. The molecule has 0 aliphatic heterocycles. The third kappa shape index (κ3) is 6.52. The first-order valence-corrected chi connectivity index (χ1v) is 7.75. The Kier molecular flexibility index (Phi) is 8.45. The van der Waals surface area contributed by atoms with E-state index in [1.807, 2.05) is 11.6 Å². The second-order valence-corrected chi connectivity index (χ2v) is 5.01. The lowest BCUT2D eigenvalue weighted by atomic mass is 10.1. The van der Waals surface area contributed by atoms with Crippen molar-refractivity contribution in [2.75, 3.05) is 19.8 Å². The molecule has 1 atom stereocenters. The molecule has 1 aromatic heterocycles. The van der Waals surface area contributed by atoms with Gasteiger partial charge in [0.25, 0.3) is 6.43 Å². The number of hydrogen-bond acceptors (Lipinski definition) is 3. The van der Waals surface area contributed by atoms with Crippen LogP contribution in [0.15, 0.2) is 6.07 Å². The van der Waals surface area contributed by atoms with Gasteiger partial charge in [0, 0.05) is 31.3 Å². The van der Waals surface area contributed by atoms with E-state index >= 15 is 0 Å². The van der Waals surface area contributed by atoms with Crippen molar-refractivity contribution in [2.24, 2.45) is 0 Å². The van der Waals surface area contributed by atoms with Crippen LogP contribution in [0.5, 0.6) is 0 Å². The van der Waals surface area contributed by atoms with Crippen LogP contribution in [-0.4, -0.2) is 42.0 Å². The first-order valence-electron chi connectivity index (χ1n) is 7.75. The SMILES string of the molecule is CCNC(CCOCC(F)F)Cc1cc(CC)nn1CC. The summed E-state index contributed by atoms with van der Waals surface area (Å²) in [4.78, 5) is 0. The Bertz CT molecular complexity index is 396. The van der Waals surface area contributed by atoms with E-state index in [9.17, 15) is 8.78 Å². The van der Waals surface area contributed by atoms with E-state index in [4.69, 9.17) is 4.74 Å². The number of hydrogen-bond donors (Lipinski definition) is 1. The highest BCUT2D eigenvalue weighted by atomic mass is 19.3. The van der Waals surface area contributed by atoms with Gasteiger partial charge in [0.1, 0.15) is 6.61 Å². The normalized spacial score (nSPS) is 13.0. The van der Waals surface area contributed by atoms with Crippen LogP contribution in [-0.2, 0) is 24.1 Å². The van der Waals surface area contributed by atoms with Crippen LogP contribution in [0.3, 0.4) is 0 Å². The fourth-order valence-corrected chi connectivity index (χ4v) is 2.34. The minimum atomic E-state index is -2.39. The molecule has 0 bridgehead atoms. The van der Waals surface area contributed by atoms with Crippen LogP contribution < -0.4 is 5.32 Å². The van der Waals surface area contributed by atoms with Gasteiger partial charge in [-0.2, -0.15) is 5.10 Å². The molecular formula is C15H27F2N3O. The number of likely N-dealkylation sites (N-methyl/N-ethyl adjacent to an activating group) is 1. The second kappa shape index (κ2) is 9.84. The predicted octanol–water partition coefficient (Wildman–Crippen LogP) is 2.66. The number of ether oxygens (including phenoxy) is 1. The Morgan fingerprint density at radius 3 is 2.67 bits per heavy atom. The molecule has 0 radical (unpaired) electrons. The predicted molar refractivity (Wildman–Crippen MR) is 79.9 cm³/mol. The van der Waals surface area contributed by atoms with E-state index < -0.39 is 13.0 Å². The van der Waals surface area contributed by atoms with Gasteiger partial charge in [0.2, 0.25) is 0 Å². The van der Waals surface area contributed by atoms with Crippen molar-refractivity contribution >= 4 is 0 Å². The van der Waals surface area contributed by atoms with Gasteiger partial charge >= 0.3 is 0 Å². The van der Waals surface area contributed by atoms with E-state index in [-0.39, 0.29) is 6.04 Å².